The molecule has 1 fully saturated rings. The van der Waals surface area contributed by atoms with Crippen LogP contribution in [-0.2, 0) is 38.4 Å². The Hall–Kier alpha value is -4.50. The van der Waals surface area contributed by atoms with E-state index in [2.05, 4.69) is 19.8 Å². The second kappa shape index (κ2) is 13.9. The number of carboxylic acid groups (broad SMARTS) is 4. The summed E-state index contributed by atoms with van der Waals surface area (Å²) in [6, 6.07) is 13.6. The molecule has 210 valence electrons. The van der Waals surface area contributed by atoms with Crippen LogP contribution in [0.4, 0.5) is 13.2 Å². The van der Waals surface area contributed by atoms with Crippen LogP contribution in [-0.4, -0.2) is 90.3 Å². The molecule has 1 aliphatic rings. The number of piperazine rings is 1. The average Bonchev–Trinajstić information content (AvgIpc) is 3.28. The lowest BCUT2D eigenvalue weighted by atomic mass is 10.1. The molecule has 0 unspecified atom stereocenters. The predicted octanol–water partition coefficient (Wildman–Crippen LogP) is 2.21. The Balaban J connectivity index is 0.000000374. The highest BCUT2D eigenvalue weighted by Crippen LogP contribution is 2.29. The molecule has 0 bridgehead atoms. The van der Waals surface area contributed by atoms with Crippen molar-refractivity contribution in [3.63, 3.8) is 0 Å². The Morgan fingerprint density at radius 2 is 1.28 bits per heavy atom. The fourth-order valence-electron chi connectivity index (χ4n) is 3.50. The summed E-state index contributed by atoms with van der Waals surface area (Å²) in [5.41, 5.74) is 2.13. The molecule has 1 aromatic heterocycles. The van der Waals surface area contributed by atoms with Crippen molar-refractivity contribution in [1.29, 1.82) is 0 Å². The van der Waals surface area contributed by atoms with Crippen molar-refractivity contribution in [2.45, 2.75) is 19.3 Å². The summed E-state index contributed by atoms with van der Waals surface area (Å²) < 4.78 is 38.6. The van der Waals surface area contributed by atoms with Crippen LogP contribution in [0.5, 0.6) is 0 Å². The highest BCUT2D eigenvalue weighted by atomic mass is 19.4. The minimum Gasteiger partial charge on any atom is -0.473 e. The third-order valence-corrected chi connectivity index (χ3v) is 5.30. The highest BCUT2D eigenvalue weighted by molar-refractivity contribution is 6.27. The number of hydrogen-bond donors (Lipinski definition) is 5. The van der Waals surface area contributed by atoms with Gasteiger partial charge in [0, 0.05) is 32.7 Å². The van der Waals surface area contributed by atoms with Gasteiger partial charge in [-0.1, -0.05) is 30.3 Å². The fraction of sp³-hybridized carbons (Fsp3) is 0.292. The lowest BCUT2D eigenvalue weighted by molar-refractivity contribution is -0.159. The number of imidazole rings is 1. The van der Waals surface area contributed by atoms with E-state index >= 15 is 0 Å². The summed E-state index contributed by atoms with van der Waals surface area (Å²) in [5.74, 6) is -6.35. The van der Waals surface area contributed by atoms with Crippen molar-refractivity contribution >= 4 is 34.9 Å². The normalized spacial score (nSPS) is 13.9. The number of carboxylic acids is 4. The van der Waals surface area contributed by atoms with Crippen molar-refractivity contribution < 1.29 is 52.8 Å². The summed E-state index contributed by atoms with van der Waals surface area (Å²) in [6.45, 7) is 4.70. The quantitative estimate of drug-likeness (QED) is 0.298. The summed E-state index contributed by atoms with van der Waals surface area (Å²) in [4.78, 5) is 48.9. The third-order valence-electron chi connectivity index (χ3n) is 5.30. The van der Waals surface area contributed by atoms with Crippen LogP contribution in [0.1, 0.15) is 17.0 Å². The molecule has 15 heteroatoms. The minimum atomic E-state index is -4.29. The van der Waals surface area contributed by atoms with Gasteiger partial charge in [-0.25, -0.2) is 24.2 Å². The van der Waals surface area contributed by atoms with Crippen molar-refractivity contribution in [2.24, 2.45) is 0 Å². The maximum absolute atomic E-state index is 12.9. The molecule has 0 aliphatic carbocycles. The second-order valence-corrected chi connectivity index (χ2v) is 8.17. The second-order valence-electron chi connectivity index (χ2n) is 8.17. The van der Waals surface area contributed by atoms with E-state index in [0.717, 1.165) is 55.6 Å². The number of H-pyrrole nitrogens is 1. The van der Waals surface area contributed by atoms with Crippen LogP contribution in [0, 0.1) is 0 Å². The number of hydrogen-bond acceptors (Lipinski definition) is 7. The standard InChI is InChI=1S/C20H21F3N4.2C2H2O4/c21-20(22,23)16-5-3-4-15(12-16)13-26-8-10-27(11-9-26)14-19-24-17-6-1-2-7-18(17)25-19;2*3-1(4)2(5)6/h1-7,12H,8-11,13-14H2,(H,24,25);2*(H,3,4)(H,5,6). The molecular weight excluding hydrogens is 529 g/mol. The summed E-state index contributed by atoms with van der Waals surface area (Å²) >= 11 is 0. The molecule has 1 saturated heterocycles. The molecule has 0 atom stereocenters. The van der Waals surface area contributed by atoms with Gasteiger partial charge in [0.25, 0.3) is 0 Å². The Morgan fingerprint density at radius 1 is 0.769 bits per heavy atom. The van der Waals surface area contributed by atoms with Gasteiger partial charge in [-0.05, 0) is 23.8 Å². The molecule has 5 N–H and O–H groups in total. The zero-order valence-corrected chi connectivity index (χ0v) is 20.3. The molecule has 2 aromatic carbocycles. The molecule has 4 rings (SSSR count). The van der Waals surface area contributed by atoms with E-state index in [1.807, 2.05) is 24.3 Å². The Kier molecular flexibility index (Phi) is 10.9. The van der Waals surface area contributed by atoms with Gasteiger partial charge >= 0.3 is 30.1 Å². The van der Waals surface area contributed by atoms with Gasteiger partial charge in [0.1, 0.15) is 5.82 Å². The maximum atomic E-state index is 12.9. The fourth-order valence-corrected chi connectivity index (χ4v) is 3.50. The zero-order valence-electron chi connectivity index (χ0n) is 20.3. The number of benzene rings is 2. The van der Waals surface area contributed by atoms with Gasteiger partial charge in [0.15, 0.2) is 0 Å². The summed E-state index contributed by atoms with van der Waals surface area (Å²) in [6.07, 6.45) is -4.29. The summed E-state index contributed by atoms with van der Waals surface area (Å²) in [5, 5.41) is 29.6. The van der Waals surface area contributed by atoms with Crippen molar-refractivity contribution in [3.05, 3.63) is 65.5 Å². The van der Waals surface area contributed by atoms with Crippen LogP contribution < -0.4 is 0 Å². The van der Waals surface area contributed by atoms with Crippen LogP contribution >= 0.6 is 0 Å². The SMILES string of the molecule is FC(F)(F)c1cccc(CN2CCN(Cc3nc4ccccc4[nH]3)CC2)c1.O=C(O)C(=O)O.O=C(O)C(=O)O. The lowest BCUT2D eigenvalue weighted by Crippen LogP contribution is -2.45. The molecule has 0 saturated carbocycles. The Labute approximate surface area is 218 Å². The number of alkyl halides is 3. The number of nitrogens with zero attached hydrogens (tertiary/aromatic N) is 3. The zero-order chi connectivity index (χ0) is 29.2. The number of nitrogens with one attached hydrogen (secondary N) is 1. The van der Waals surface area contributed by atoms with Crippen molar-refractivity contribution in [1.82, 2.24) is 19.8 Å². The van der Waals surface area contributed by atoms with E-state index in [4.69, 9.17) is 39.6 Å². The maximum Gasteiger partial charge on any atom is 0.416 e. The largest absolute Gasteiger partial charge is 0.473 e. The van der Waals surface area contributed by atoms with Crippen molar-refractivity contribution in [3.8, 4) is 0 Å². The minimum absolute atomic E-state index is 0.544. The Bertz CT molecular complexity index is 1220. The number of carbonyl (C=O) groups is 4. The number of para-hydroxylation sites is 2. The molecule has 0 amide bonds. The van der Waals surface area contributed by atoms with Gasteiger partial charge in [0.05, 0.1) is 23.1 Å². The number of aromatic amines is 1. The van der Waals surface area contributed by atoms with Crippen molar-refractivity contribution in [2.75, 3.05) is 26.2 Å². The topological polar surface area (TPSA) is 184 Å². The Morgan fingerprint density at radius 3 is 1.77 bits per heavy atom. The van der Waals surface area contributed by atoms with E-state index in [0.29, 0.717) is 12.1 Å². The van der Waals surface area contributed by atoms with Gasteiger partial charge in [-0.2, -0.15) is 13.2 Å². The molecule has 3 aromatic rings. The van der Waals surface area contributed by atoms with E-state index in [-0.39, 0.29) is 0 Å². The molecule has 0 spiro atoms. The molecule has 2 heterocycles. The van der Waals surface area contributed by atoms with Gasteiger partial charge in [0.2, 0.25) is 0 Å². The number of aliphatic carboxylic acids is 4. The third kappa shape index (κ3) is 10.4. The molecule has 12 nitrogen and oxygen atoms in total. The van der Waals surface area contributed by atoms with E-state index < -0.39 is 35.6 Å². The van der Waals surface area contributed by atoms with Gasteiger partial charge in [-0.15, -0.1) is 0 Å². The van der Waals surface area contributed by atoms with E-state index in [1.54, 1.807) is 6.07 Å². The molecule has 0 radical (unpaired) electrons. The van der Waals surface area contributed by atoms with Crippen LogP contribution in [0.2, 0.25) is 0 Å². The molecule has 1 aliphatic heterocycles. The van der Waals surface area contributed by atoms with Crippen LogP contribution in [0.3, 0.4) is 0 Å². The van der Waals surface area contributed by atoms with Gasteiger partial charge < -0.3 is 25.4 Å². The lowest BCUT2D eigenvalue weighted by Gasteiger charge is -2.34. The first-order valence-corrected chi connectivity index (χ1v) is 11.2. The van der Waals surface area contributed by atoms with Crippen LogP contribution in [0.15, 0.2) is 48.5 Å². The first-order valence-electron chi connectivity index (χ1n) is 11.2. The number of fused-ring (bicyclic) bond motifs is 1. The highest BCUT2D eigenvalue weighted by Gasteiger charge is 2.30. The first kappa shape index (κ1) is 30.7. The molecule has 39 heavy (non-hydrogen) atoms. The smallest absolute Gasteiger partial charge is 0.416 e. The first-order chi connectivity index (χ1) is 18.3. The average molecular weight is 554 g/mol. The van der Waals surface area contributed by atoms with Gasteiger partial charge in [-0.3, -0.25) is 9.80 Å². The van der Waals surface area contributed by atoms with E-state index in [9.17, 15) is 13.2 Å². The predicted molar refractivity (Wildman–Crippen MR) is 129 cm³/mol. The van der Waals surface area contributed by atoms with E-state index in [1.165, 1.54) is 12.1 Å². The monoisotopic (exact) mass is 554 g/mol. The number of aromatic nitrogens is 2. The molecular formula is C24H25F3N4O8. The van der Waals surface area contributed by atoms with Crippen LogP contribution in [0.25, 0.3) is 11.0 Å². The number of rotatable bonds is 4. The number of halogens is 3. The summed E-state index contributed by atoms with van der Waals surface area (Å²) in [7, 11) is 0.